The number of carbonyl (C=O) groups is 3. The number of guanidine groups is 1. The van der Waals surface area contributed by atoms with E-state index in [0.29, 0.717) is 13.0 Å². The van der Waals surface area contributed by atoms with E-state index in [9.17, 15) is 14.4 Å². The first-order chi connectivity index (χ1) is 10.7. The molecule has 23 heavy (non-hydrogen) atoms. The summed E-state index contributed by atoms with van der Waals surface area (Å²) < 4.78 is 0. The molecular weight excluding hydrogens is 308 g/mol. The Balaban J connectivity index is 4.70. The summed E-state index contributed by atoms with van der Waals surface area (Å²) >= 11 is 0. The molecule has 3 atom stereocenters. The van der Waals surface area contributed by atoms with Crippen LogP contribution in [0, 0.1) is 5.41 Å². The Kier molecular flexibility index (Phi) is 9.27. The largest absolute Gasteiger partial charge is 0.480 e. The molecule has 0 aromatic heterocycles. The van der Waals surface area contributed by atoms with Crippen LogP contribution >= 0.6 is 0 Å². The van der Waals surface area contributed by atoms with Crippen molar-refractivity contribution in [2.45, 2.75) is 37.9 Å². The van der Waals surface area contributed by atoms with Crippen molar-refractivity contribution in [3.63, 3.8) is 0 Å². The lowest BCUT2D eigenvalue weighted by Crippen LogP contribution is -2.54. The van der Waals surface area contributed by atoms with Crippen LogP contribution in [0.1, 0.15) is 19.8 Å². The van der Waals surface area contributed by atoms with Crippen molar-refractivity contribution in [3.8, 4) is 0 Å². The Morgan fingerprint density at radius 1 is 1.22 bits per heavy atom. The zero-order valence-electron chi connectivity index (χ0n) is 12.8. The number of amides is 2. The predicted octanol–water partition coefficient (Wildman–Crippen LogP) is -3.36. The standard InChI is InChI=1S/C12H24N6O5/c1-6(11(22)23)17-10(21)8(3-2-4-16-12(14)15)18-9(20)7(13)5-19/h6-8,19H,2-5,13H2,1H3,(H,17,21)(H,18,20)(H,22,23)(H4,14,15,16)/t6-,7-,8-/m0/s1. The lowest BCUT2D eigenvalue weighted by atomic mass is 10.1. The van der Waals surface area contributed by atoms with Crippen molar-refractivity contribution < 1.29 is 24.6 Å². The fourth-order valence-corrected chi connectivity index (χ4v) is 1.54. The van der Waals surface area contributed by atoms with Gasteiger partial charge in [-0.2, -0.15) is 0 Å². The molecule has 132 valence electrons. The van der Waals surface area contributed by atoms with E-state index < -0.39 is 42.5 Å². The molecule has 0 aliphatic carbocycles. The Hall–Kier alpha value is -2.40. The van der Waals surface area contributed by atoms with Crippen molar-refractivity contribution in [2.75, 3.05) is 13.2 Å². The zero-order valence-corrected chi connectivity index (χ0v) is 12.8. The lowest BCUT2D eigenvalue weighted by Gasteiger charge is -2.21. The number of carbonyl (C=O) groups excluding carboxylic acids is 2. The van der Waals surface area contributed by atoms with E-state index >= 15 is 0 Å². The number of hydrogen-bond acceptors (Lipinski definition) is 6. The van der Waals surface area contributed by atoms with E-state index in [4.69, 9.17) is 27.1 Å². The van der Waals surface area contributed by atoms with Gasteiger partial charge >= 0.3 is 5.97 Å². The summed E-state index contributed by atoms with van der Waals surface area (Å²) in [6.45, 7) is 1.00. The summed E-state index contributed by atoms with van der Waals surface area (Å²) in [7, 11) is 0. The van der Waals surface area contributed by atoms with Gasteiger partial charge in [-0.3, -0.25) is 19.8 Å². The van der Waals surface area contributed by atoms with Crippen molar-refractivity contribution in [1.82, 2.24) is 16.0 Å². The highest BCUT2D eigenvalue weighted by atomic mass is 16.4. The first kappa shape index (κ1) is 20.6. The summed E-state index contributed by atoms with van der Waals surface area (Å²) in [5.41, 5.74) is 10.5. The molecule has 2 amide bonds. The number of hydrogen-bond donors (Lipinski definition) is 8. The fraction of sp³-hybridized carbons (Fsp3) is 0.667. The van der Waals surface area contributed by atoms with Gasteiger partial charge in [0.05, 0.1) is 6.61 Å². The molecule has 0 bridgehead atoms. The molecular formula is C12H24N6O5. The molecule has 0 aromatic rings. The molecule has 11 nitrogen and oxygen atoms in total. The Morgan fingerprint density at radius 3 is 2.30 bits per heavy atom. The second-order valence-corrected chi connectivity index (χ2v) is 4.90. The van der Waals surface area contributed by atoms with Gasteiger partial charge in [0.25, 0.3) is 0 Å². The number of rotatable bonds is 10. The number of nitrogens with two attached hydrogens (primary N) is 2. The number of carboxylic acid groups (broad SMARTS) is 1. The minimum absolute atomic E-state index is 0.169. The van der Waals surface area contributed by atoms with Crippen LogP contribution in [0.3, 0.4) is 0 Å². The maximum Gasteiger partial charge on any atom is 0.325 e. The highest BCUT2D eigenvalue weighted by molar-refractivity contribution is 5.91. The van der Waals surface area contributed by atoms with Crippen LogP contribution in [0.4, 0.5) is 0 Å². The fourth-order valence-electron chi connectivity index (χ4n) is 1.54. The molecule has 0 aliphatic rings. The van der Waals surface area contributed by atoms with Gasteiger partial charge in [-0.25, -0.2) is 0 Å². The molecule has 0 aromatic carbocycles. The van der Waals surface area contributed by atoms with Gasteiger partial charge in [-0.1, -0.05) is 0 Å². The maximum absolute atomic E-state index is 12.1. The number of aliphatic carboxylic acids is 1. The summed E-state index contributed by atoms with van der Waals surface area (Å²) in [5.74, 6) is -2.85. The second kappa shape index (κ2) is 10.3. The van der Waals surface area contributed by atoms with Gasteiger partial charge < -0.3 is 37.6 Å². The Labute approximate surface area is 133 Å². The molecule has 0 unspecified atom stereocenters. The van der Waals surface area contributed by atoms with Crippen LogP contribution in [-0.2, 0) is 14.4 Å². The van der Waals surface area contributed by atoms with Crippen molar-refractivity contribution in [3.05, 3.63) is 0 Å². The van der Waals surface area contributed by atoms with Crippen molar-refractivity contribution in [2.24, 2.45) is 11.5 Å². The van der Waals surface area contributed by atoms with Crippen LogP contribution in [0.5, 0.6) is 0 Å². The van der Waals surface area contributed by atoms with Crippen LogP contribution in [0.2, 0.25) is 0 Å². The third kappa shape index (κ3) is 8.58. The van der Waals surface area contributed by atoms with Gasteiger partial charge in [-0.15, -0.1) is 0 Å². The van der Waals surface area contributed by atoms with Gasteiger partial charge in [0, 0.05) is 6.54 Å². The average molecular weight is 332 g/mol. The molecule has 0 saturated carbocycles. The zero-order chi connectivity index (χ0) is 18.0. The van der Waals surface area contributed by atoms with Crippen LogP contribution in [0.25, 0.3) is 0 Å². The summed E-state index contributed by atoms with van der Waals surface area (Å²) in [5, 5.41) is 31.8. The van der Waals surface area contributed by atoms with E-state index in [1.165, 1.54) is 6.92 Å². The molecule has 10 N–H and O–H groups in total. The minimum atomic E-state index is -1.21. The average Bonchev–Trinajstić information content (AvgIpc) is 2.48. The van der Waals surface area contributed by atoms with Gasteiger partial charge in [-0.05, 0) is 19.8 Å². The number of nitrogens with one attached hydrogen (secondary N) is 4. The Morgan fingerprint density at radius 2 is 1.83 bits per heavy atom. The number of aliphatic hydroxyl groups excluding tert-OH is 1. The maximum atomic E-state index is 12.1. The van der Waals surface area contributed by atoms with E-state index in [0.717, 1.165) is 0 Å². The van der Waals surface area contributed by atoms with E-state index in [1.807, 2.05) is 0 Å². The molecule has 0 radical (unpaired) electrons. The van der Waals surface area contributed by atoms with Gasteiger partial charge in [0.2, 0.25) is 11.8 Å². The summed E-state index contributed by atoms with van der Waals surface area (Å²) in [6, 6.07) is -3.32. The van der Waals surface area contributed by atoms with Crippen molar-refractivity contribution >= 4 is 23.7 Å². The van der Waals surface area contributed by atoms with Crippen molar-refractivity contribution in [1.29, 1.82) is 5.41 Å². The third-order valence-electron chi connectivity index (χ3n) is 2.88. The molecule has 0 aliphatic heterocycles. The molecule has 0 rings (SSSR count). The second-order valence-electron chi connectivity index (χ2n) is 4.90. The summed E-state index contributed by atoms with van der Waals surface area (Å²) in [6.07, 6.45) is 0.552. The lowest BCUT2D eigenvalue weighted by molar-refractivity contribution is -0.141. The van der Waals surface area contributed by atoms with Crippen LogP contribution in [-0.4, -0.2) is 65.2 Å². The molecule has 11 heteroatoms. The number of aliphatic hydroxyl groups is 1. The van der Waals surface area contributed by atoms with E-state index in [2.05, 4.69) is 16.0 Å². The number of carboxylic acids is 1. The highest BCUT2D eigenvalue weighted by Crippen LogP contribution is 1.99. The normalized spacial score (nSPS) is 14.2. The van der Waals surface area contributed by atoms with Crippen LogP contribution in [0.15, 0.2) is 0 Å². The quantitative estimate of drug-likeness (QED) is 0.115. The Bertz CT molecular complexity index is 444. The van der Waals surface area contributed by atoms with Crippen LogP contribution < -0.4 is 27.4 Å². The van der Waals surface area contributed by atoms with Gasteiger partial charge in [0.15, 0.2) is 5.96 Å². The molecule has 0 spiro atoms. The molecule has 0 saturated heterocycles. The smallest absolute Gasteiger partial charge is 0.325 e. The highest BCUT2D eigenvalue weighted by Gasteiger charge is 2.25. The first-order valence-electron chi connectivity index (χ1n) is 6.96. The van der Waals surface area contributed by atoms with E-state index in [-0.39, 0.29) is 12.4 Å². The third-order valence-corrected chi connectivity index (χ3v) is 2.88. The molecule has 0 heterocycles. The van der Waals surface area contributed by atoms with E-state index in [1.54, 1.807) is 0 Å². The SMILES string of the molecule is C[C@H](NC(=O)[C@H](CCCNC(=N)N)NC(=O)[C@@H](N)CO)C(=O)O. The first-order valence-corrected chi connectivity index (χ1v) is 6.96. The minimum Gasteiger partial charge on any atom is -0.480 e. The topological polar surface area (TPSA) is 204 Å². The van der Waals surface area contributed by atoms with Gasteiger partial charge in [0.1, 0.15) is 18.1 Å². The monoisotopic (exact) mass is 332 g/mol. The summed E-state index contributed by atoms with van der Waals surface area (Å²) in [4.78, 5) is 34.5. The molecule has 0 fully saturated rings. The predicted molar refractivity (Wildman–Crippen MR) is 81.4 cm³/mol.